The van der Waals surface area contributed by atoms with Gasteiger partial charge in [0.15, 0.2) is 0 Å². The van der Waals surface area contributed by atoms with Gasteiger partial charge >= 0.3 is 0 Å². The van der Waals surface area contributed by atoms with Gasteiger partial charge in [0.25, 0.3) is 0 Å². The van der Waals surface area contributed by atoms with Gasteiger partial charge in [-0.25, -0.2) is 0 Å². The van der Waals surface area contributed by atoms with Crippen LogP contribution in [0, 0.1) is 0 Å². The summed E-state index contributed by atoms with van der Waals surface area (Å²) in [5.41, 5.74) is 4.97. The molecule has 90 valence electrons. The maximum Gasteiger partial charge on any atom is 0.0709 e. The maximum absolute atomic E-state index is 5.62. The second-order valence-corrected chi connectivity index (χ2v) is 4.64. The molecule has 3 N–H and O–H groups in total. The number of aryl methyl sites for hydroxylation is 1. The topological polar surface area (TPSA) is 68.8 Å². The molecule has 2 aromatic heterocycles. The Morgan fingerprint density at radius 1 is 1.53 bits per heavy atom. The fraction of sp³-hybridized carbons (Fsp3) is 0.273. The number of aromatic nitrogens is 3. The Hall–Kier alpha value is -1.24. The van der Waals surface area contributed by atoms with Crippen molar-refractivity contribution in [3.05, 3.63) is 46.5 Å². The van der Waals surface area contributed by atoms with Crippen molar-refractivity contribution in [1.82, 2.24) is 20.2 Å². The zero-order valence-corrected chi connectivity index (χ0v) is 11.1. The van der Waals surface area contributed by atoms with Crippen LogP contribution in [0.4, 0.5) is 0 Å². The van der Waals surface area contributed by atoms with E-state index in [2.05, 4.69) is 31.4 Å². The predicted molar refractivity (Wildman–Crippen MR) is 68.9 cm³/mol. The van der Waals surface area contributed by atoms with E-state index in [1.807, 2.05) is 30.1 Å². The van der Waals surface area contributed by atoms with Crippen molar-refractivity contribution in [1.29, 1.82) is 0 Å². The van der Waals surface area contributed by atoms with Gasteiger partial charge in [0.05, 0.1) is 22.4 Å². The molecule has 1 unspecified atom stereocenters. The summed E-state index contributed by atoms with van der Waals surface area (Å²) in [6.07, 6.45) is 6.13. The highest BCUT2D eigenvalue weighted by molar-refractivity contribution is 9.10. The van der Waals surface area contributed by atoms with Crippen LogP contribution in [0.25, 0.3) is 0 Å². The van der Waals surface area contributed by atoms with Gasteiger partial charge in [-0.05, 0) is 34.0 Å². The Morgan fingerprint density at radius 2 is 2.35 bits per heavy atom. The maximum atomic E-state index is 5.62. The number of halogens is 1. The Labute approximate surface area is 108 Å². The Morgan fingerprint density at radius 3 is 2.88 bits per heavy atom. The van der Waals surface area contributed by atoms with Crippen molar-refractivity contribution in [2.24, 2.45) is 12.9 Å². The summed E-state index contributed by atoms with van der Waals surface area (Å²) in [6.45, 7) is 0. The van der Waals surface area contributed by atoms with Crippen LogP contribution in [0.5, 0.6) is 0 Å². The predicted octanol–water partition coefficient (Wildman–Crippen LogP) is 1.32. The SMILES string of the molecule is Cn1ncc(Br)c1C(Cc1cccnc1)NN. The third-order valence-corrected chi connectivity index (χ3v) is 3.24. The van der Waals surface area contributed by atoms with Gasteiger partial charge in [-0.3, -0.25) is 20.9 Å². The van der Waals surface area contributed by atoms with Crippen LogP contribution in [-0.4, -0.2) is 14.8 Å². The summed E-state index contributed by atoms with van der Waals surface area (Å²) < 4.78 is 2.76. The highest BCUT2D eigenvalue weighted by atomic mass is 79.9. The lowest BCUT2D eigenvalue weighted by Gasteiger charge is -2.16. The van der Waals surface area contributed by atoms with Crippen molar-refractivity contribution in [3.63, 3.8) is 0 Å². The molecule has 2 heterocycles. The Kier molecular flexibility index (Phi) is 3.88. The van der Waals surface area contributed by atoms with Crippen LogP contribution < -0.4 is 11.3 Å². The molecule has 1 atom stereocenters. The number of nitrogens with two attached hydrogens (primary N) is 1. The summed E-state index contributed by atoms with van der Waals surface area (Å²) in [7, 11) is 1.90. The third-order valence-electron chi connectivity index (χ3n) is 2.63. The molecule has 0 radical (unpaired) electrons. The summed E-state index contributed by atoms with van der Waals surface area (Å²) in [5, 5.41) is 4.19. The van der Waals surface area contributed by atoms with Gasteiger partial charge in [0, 0.05) is 19.4 Å². The lowest BCUT2D eigenvalue weighted by molar-refractivity contribution is 0.506. The normalized spacial score (nSPS) is 12.6. The van der Waals surface area contributed by atoms with E-state index in [4.69, 9.17) is 5.84 Å². The summed E-state index contributed by atoms with van der Waals surface area (Å²) >= 11 is 3.48. The number of rotatable bonds is 4. The number of hydrazine groups is 1. The number of nitrogens with zero attached hydrogens (tertiary/aromatic N) is 3. The highest BCUT2D eigenvalue weighted by Gasteiger charge is 2.17. The van der Waals surface area contributed by atoms with Crippen LogP contribution in [-0.2, 0) is 13.5 Å². The van der Waals surface area contributed by atoms with E-state index in [-0.39, 0.29) is 6.04 Å². The first-order chi connectivity index (χ1) is 8.22. The molecule has 6 heteroatoms. The molecule has 0 aliphatic rings. The first-order valence-electron chi connectivity index (χ1n) is 5.24. The first-order valence-corrected chi connectivity index (χ1v) is 6.04. The molecule has 0 aliphatic heterocycles. The molecule has 0 fully saturated rings. The molecule has 17 heavy (non-hydrogen) atoms. The molecular formula is C11H14BrN5. The van der Waals surface area contributed by atoms with Crippen LogP contribution in [0.3, 0.4) is 0 Å². The van der Waals surface area contributed by atoms with Crippen molar-refractivity contribution >= 4 is 15.9 Å². The van der Waals surface area contributed by atoms with E-state index in [9.17, 15) is 0 Å². The average Bonchev–Trinajstić information content (AvgIpc) is 2.68. The van der Waals surface area contributed by atoms with E-state index in [0.717, 1.165) is 22.2 Å². The molecule has 0 spiro atoms. The quantitative estimate of drug-likeness (QED) is 0.659. The Bertz CT molecular complexity index is 462. The van der Waals surface area contributed by atoms with Crippen LogP contribution >= 0.6 is 15.9 Å². The van der Waals surface area contributed by atoms with Gasteiger partial charge < -0.3 is 0 Å². The fourth-order valence-electron chi connectivity index (χ4n) is 1.80. The van der Waals surface area contributed by atoms with E-state index in [1.165, 1.54) is 0 Å². The molecule has 2 aromatic rings. The molecule has 0 bridgehead atoms. The van der Waals surface area contributed by atoms with Gasteiger partial charge in [-0.2, -0.15) is 5.10 Å². The molecule has 5 nitrogen and oxygen atoms in total. The number of pyridine rings is 1. The van der Waals surface area contributed by atoms with Gasteiger partial charge in [-0.1, -0.05) is 6.07 Å². The van der Waals surface area contributed by atoms with Crippen molar-refractivity contribution < 1.29 is 0 Å². The fourth-order valence-corrected chi connectivity index (χ4v) is 2.43. The van der Waals surface area contributed by atoms with Gasteiger partial charge in [0.2, 0.25) is 0 Å². The number of hydrogen-bond acceptors (Lipinski definition) is 4. The minimum atomic E-state index is 0.000995. The number of hydrogen-bond donors (Lipinski definition) is 2. The standard InChI is InChI=1S/C11H14BrN5/c1-17-11(9(12)7-15-17)10(16-13)5-8-3-2-4-14-6-8/h2-4,6-7,10,16H,5,13H2,1H3. The van der Waals surface area contributed by atoms with Crippen molar-refractivity contribution in [2.75, 3.05) is 0 Å². The van der Waals surface area contributed by atoms with E-state index >= 15 is 0 Å². The highest BCUT2D eigenvalue weighted by Crippen LogP contribution is 2.24. The number of nitrogens with one attached hydrogen (secondary N) is 1. The van der Waals surface area contributed by atoms with E-state index in [0.29, 0.717) is 0 Å². The summed E-state index contributed by atoms with van der Waals surface area (Å²) in [6, 6.07) is 3.95. The zero-order valence-electron chi connectivity index (χ0n) is 9.47. The summed E-state index contributed by atoms with van der Waals surface area (Å²) in [5.74, 6) is 5.62. The van der Waals surface area contributed by atoms with Crippen molar-refractivity contribution in [3.8, 4) is 0 Å². The van der Waals surface area contributed by atoms with Crippen LogP contribution in [0.1, 0.15) is 17.3 Å². The monoisotopic (exact) mass is 295 g/mol. The van der Waals surface area contributed by atoms with Gasteiger partial charge in [0.1, 0.15) is 0 Å². The van der Waals surface area contributed by atoms with Gasteiger partial charge in [-0.15, -0.1) is 0 Å². The second kappa shape index (κ2) is 5.39. The lowest BCUT2D eigenvalue weighted by Crippen LogP contribution is -2.31. The summed E-state index contributed by atoms with van der Waals surface area (Å²) in [4.78, 5) is 4.10. The Balaban J connectivity index is 2.23. The lowest BCUT2D eigenvalue weighted by atomic mass is 10.1. The minimum Gasteiger partial charge on any atom is -0.271 e. The molecule has 0 amide bonds. The van der Waals surface area contributed by atoms with Crippen molar-refractivity contribution in [2.45, 2.75) is 12.5 Å². The third kappa shape index (κ3) is 2.71. The second-order valence-electron chi connectivity index (χ2n) is 3.79. The molecular weight excluding hydrogens is 282 g/mol. The van der Waals surface area contributed by atoms with E-state index < -0.39 is 0 Å². The smallest absolute Gasteiger partial charge is 0.0709 e. The molecule has 0 saturated heterocycles. The minimum absolute atomic E-state index is 0.000995. The molecule has 0 aliphatic carbocycles. The molecule has 0 saturated carbocycles. The molecule has 0 aromatic carbocycles. The van der Waals surface area contributed by atoms with Crippen LogP contribution in [0.15, 0.2) is 35.2 Å². The van der Waals surface area contributed by atoms with Crippen LogP contribution in [0.2, 0.25) is 0 Å². The first kappa shape index (κ1) is 12.2. The van der Waals surface area contributed by atoms with E-state index in [1.54, 1.807) is 12.4 Å². The average molecular weight is 296 g/mol. The largest absolute Gasteiger partial charge is 0.271 e. The molecule has 2 rings (SSSR count). The zero-order chi connectivity index (χ0) is 12.3.